The van der Waals surface area contributed by atoms with Crippen molar-refractivity contribution in [3.8, 4) is 0 Å². The maximum absolute atomic E-state index is 13.0. The Kier molecular flexibility index (Phi) is 8.34. The summed E-state index contributed by atoms with van der Waals surface area (Å²) >= 11 is 12.0. The SMILES string of the molecule is O=C(Nc1ccc(S(=O)(=O)Nc2ncccn2)cc1)[C@@H]1CCCN(S(=O)(=O)Cc2ccc(Cl)cc2Cl)C1. The molecule has 1 atom stereocenters. The van der Waals surface area contributed by atoms with E-state index in [1.54, 1.807) is 18.2 Å². The molecule has 0 unspecified atom stereocenters. The van der Waals surface area contributed by atoms with E-state index in [0.29, 0.717) is 35.7 Å². The van der Waals surface area contributed by atoms with Crippen molar-refractivity contribution in [2.24, 2.45) is 5.92 Å². The van der Waals surface area contributed by atoms with E-state index in [0.717, 1.165) is 0 Å². The molecule has 4 rings (SSSR count). The molecule has 196 valence electrons. The highest BCUT2D eigenvalue weighted by molar-refractivity contribution is 7.92. The summed E-state index contributed by atoms with van der Waals surface area (Å²) in [6.07, 6.45) is 3.87. The number of anilines is 2. The molecule has 2 N–H and O–H groups in total. The van der Waals surface area contributed by atoms with Crippen LogP contribution in [-0.2, 0) is 30.6 Å². The Bertz CT molecular complexity index is 1490. The van der Waals surface area contributed by atoms with Crippen LogP contribution in [0.3, 0.4) is 0 Å². The smallest absolute Gasteiger partial charge is 0.264 e. The molecule has 1 amide bonds. The number of piperidine rings is 1. The Morgan fingerprint density at radius 2 is 1.73 bits per heavy atom. The second-order valence-corrected chi connectivity index (χ2v) is 12.9. The average Bonchev–Trinajstić information content (AvgIpc) is 2.86. The van der Waals surface area contributed by atoms with E-state index in [2.05, 4.69) is 20.0 Å². The lowest BCUT2D eigenvalue weighted by Gasteiger charge is -2.31. The summed E-state index contributed by atoms with van der Waals surface area (Å²) in [5, 5.41) is 3.41. The number of benzene rings is 2. The van der Waals surface area contributed by atoms with E-state index in [1.165, 1.54) is 47.0 Å². The lowest BCUT2D eigenvalue weighted by atomic mass is 9.99. The number of carbonyl (C=O) groups is 1. The summed E-state index contributed by atoms with van der Waals surface area (Å²) in [5.74, 6) is -1.27. The molecule has 2 heterocycles. The average molecular weight is 585 g/mol. The van der Waals surface area contributed by atoms with Gasteiger partial charge in [0, 0.05) is 41.2 Å². The van der Waals surface area contributed by atoms with Crippen LogP contribution in [0.5, 0.6) is 0 Å². The van der Waals surface area contributed by atoms with Gasteiger partial charge in [-0.05, 0) is 60.9 Å². The first kappa shape index (κ1) is 27.3. The zero-order chi connectivity index (χ0) is 26.6. The van der Waals surface area contributed by atoms with Crippen LogP contribution in [0.15, 0.2) is 65.8 Å². The van der Waals surface area contributed by atoms with Crippen LogP contribution in [0.4, 0.5) is 11.6 Å². The van der Waals surface area contributed by atoms with Gasteiger partial charge in [-0.25, -0.2) is 35.8 Å². The number of hydrogen-bond acceptors (Lipinski definition) is 7. The molecule has 0 aliphatic carbocycles. The number of rotatable bonds is 8. The van der Waals surface area contributed by atoms with Crippen molar-refractivity contribution in [3.05, 3.63) is 76.5 Å². The minimum Gasteiger partial charge on any atom is -0.326 e. The molecule has 2 aromatic carbocycles. The van der Waals surface area contributed by atoms with E-state index in [9.17, 15) is 21.6 Å². The Balaban J connectivity index is 1.38. The number of carbonyl (C=O) groups excluding carboxylic acids is 1. The zero-order valence-electron chi connectivity index (χ0n) is 19.3. The van der Waals surface area contributed by atoms with Gasteiger partial charge >= 0.3 is 0 Å². The second-order valence-electron chi connectivity index (χ2n) is 8.38. The van der Waals surface area contributed by atoms with Crippen molar-refractivity contribution >= 4 is 60.8 Å². The van der Waals surface area contributed by atoms with Crippen molar-refractivity contribution in [1.82, 2.24) is 14.3 Å². The highest BCUT2D eigenvalue weighted by Crippen LogP contribution is 2.27. The van der Waals surface area contributed by atoms with Gasteiger partial charge in [-0.3, -0.25) is 4.79 Å². The van der Waals surface area contributed by atoms with Gasteiger partial charge in [0.2, 0.25) is 21.9 Å². The van der Waals surface area contributed by atoms with Crippen molar-refractivity contribution in [3.63, 3.8) is 0 Å². The highest BCUT2D eigenvalue weighted by Gasteiger charge is 2.33. The lowest BCUT2D eigenvalue weighted by molar-refractivity contribution is -0.120. The van der Waals surface area contributed by atoms with Gasteiger partial charge in [0.1, 0.15) is 0 Å². The summed E-state index contributed by atoms with van der Waals surface area (Å²) in [7, 11) is -7.63. The molecule has 0 radical (unpaired) electrons. The largest absolute Gasteiger partial charge is 0.326 e. The number of sulfonamides is 2. The van der Waals surface area contributed by atoms with Gasteiger partial charge in [0.15, 0.2) is 0 Å². The number of nitrogens with one attached hydrogen (secondary N) is 2. The number of halogens is 2. The molecule has 0 bridgehead atoms. The standard InChI is InChI=1S/C23H23Cl2N5O5S2/c24-18-5-4-17(21(25)13-18)15-36(32,33)30-12-1-3-16(14-30)22(31)28-19-6-8-20(9-7-19)37(34,35)29-23-26-10-2-11-27-23/h2,4-11,13,16H,1,3,12,14-15H2,(H,28,31)(H,26,27,29)/t16-/m1/s1. The molecule has 1 aromatic heterocycles. The van der Waals surface area contributed by atoms with Crippen molar-refractivity contribution < 1.29 is 21.6 Å². The van der Waals surface area contributed by atoms with Crippen LogP contribution in [0.2, 0.25) is 10.0 Å². The molecule has 14 heteroatoms. The maximum Gasteiger partial charge on any atom is 0.264 e. The quantitative estimate of drug-likeness (QED) is 0.411. The van der Waals surface area contributed by atoms with Crippen molar-refractivity contribution in [1.29, 1.82) is 0 Å². The van der Waals surface area contributed by atoms with Crippen molar-refractivity contribution in [2.45, 2.75) is 23.5 Å². The molecule has 37 heavy (non-hydrogen) atoms. The summed E-state index contributed by atoms with van der Waals surface area (Å²) < 4.78 is 54.7. The molecule has 1 saturated heterocycles. The summed E-state index contributed by atoms with van der Waals surface area (Å²) in [6, 6.07) is 11.8. The van der Waals surface area contributed by atoms with Gasteiger partial charge in [-0.1, -0.05) is 29.3 Å². The minimum absolute atomic E-state index is 0.0336. The van der Waals surface area contributed by atoms with Crippen LogP contribution in [0.25, 0.3) is 0 Å². The molecule has 0 spiro atoms. The van der Waals surface area contributed by atoms with Gasteiger partial charge in [-0.15, -0.1) is 0 Å². The van der Waals surface area contributed by atoms with Gasteiger partial charge in [0.05, 0.1) is 16.6 Å². The molecule has 1 aliphatic rings. The summed E-state index contributed by atoms with van der Waals surface area (Å²) in [4.78, 5) is 20.5. The van der Waals surface area contributed by atoms with Crippen LogP contribution in [0, 0.1) is 5.92 Å². The molecule has 3 aromatic rings. The third-order valence-corrected chi connectivity index (χ3v) is 9.45. The third-order valence-electron chi connectivity index (χ3n) is 5.72. The molecule has 0 saturated carbocycles. The monoisotopic (exact) mass is 583 g/mol. The number of nitrogens with zero attached hydrogens (tertiary/aromatic N) is 3. The summed E-state index contributed by atoms with van der Waals surface area (Å²) in [6.45, 7) is 0.342. The topological polar surface area (TPSA) is 138 Å². The predicted octanol–water partition coefficient (Wildman–Crippen LogP) is 3.76. The first-order chi connectivity index (χ1) is 17.5. The molecular formula is C23H23Cl2N5O5S2. The van der Waals surface area contributed by atoms with E-state index in [-0.39, 0.29) is 34.1 Å². The van der Waals surface area contributed by atoms with Crippen LogP contribution in [-0.4, -0.2) is 50.1 Å². The minimum atomic E-state index is -3.91. The van der Waals surface area contributed by atoms with Crippen LogP contribution in [0.1, 0.15) is 18.4 Å². The van der Waals surface area contributed by atoms with Crippen molar-refractivity contribution in [2.75, 3.05) is 23.1 Å². The normalized spacial score (nSPS) is 16.8. The van der Waals surface area contributed by atoms with Gasteiger partial charge in [-0.2, -0.15) is 0 Å². The first-order valence-corrected chi connectivity index (χ1v) is 15.0. The number of hydrogen-bond donors (Lipinski definition) is 2. The van der Waals surface area contributed by atoms with E-state index in [4.69, 9.17) is 23.2 Å². The second kappa shape index (κ2) is 11.3. The van der Waals surface area contributed by atoms with Gasteiger partial charge < -0.3 is 5.32 Å². The predicted molar refractivity (Wildman–Crippen MR) is 141 cm³/mol. The Labute approximate surface area is 225 Å². The fraction of sp³-hybridized carbons (Fsp3) is 0.261. The fourth-order valence-corrected chi connectivity index (χ4v) is 6.98. The fourth-order valence-electron chi connectivity index (χ4n) is 3.83. The Hall–Kier alpha value is -2.77. The highest BCUT2D eigenvalue weighted by atomic mass is 35.5. The van der Waals surface area contributed by atoms with Crippen LogP contribution < -0.4 is 10.0 Å². The van der Waals surface area contributed by atoms with E-state index in [1.807, 2.05) is 0 Å². The number of aromatic nitrogens is 2. The van der Waals surface area contributed by atoms with Crippen LogP contribution >= 0.6 is 23.2 Å². The molecule has 1 aliphatic heterocycles. The Morgan fingerprint density at radius 1 is 1.03 bits per heavy atom. The Morgan fingerprint density at radius 3 is 2.41 bits per heavy atom. The lowest BCUT2D eigenvalue weighted by Crippen LogP contribution is -2.44. The van der Waals surface area contributed by atoms with E-state index >= 15 is 0 Å². The maximum atomic E-state index is 13.0. The third kappa shape index (κ3) is 6.96. The summed E-state index contributed by atoms with van der Waals surface area (Å²) in [5.41, 5.74) is 0.814. The molecular weight excluding hydrogens is 561 g/mol. The molecule has 1 fully saturated rings. The number of amides is 1. The zero-order valence-corrected chi connectivity index (χ0v) is 22.5. The first-order valence-electron chi connectivity index (χ1n) is 11.2. The molecule has 10 nitrogen and oxygen atoms in total. The van der Waals surface area contributed by atoms with E-state index < -0.39 is 26.0 Å². The van der Waals surface area contributed by atoms with Gasteiger partial charge in [0.25, 0.3) is 10.0 Å².